The SMILES string of the molecule is CCNCc1cc(C)ccc1SCC(C)CO. The minimum atomic E-state index is 0.265. The number of hydrogen-bond donors (Lipinski definition) is 2. The lowest BCUT2D eigenvalue weighted by Crippen LogP contribution is -2.13. The first-order valence-electron chi connectivity index (χ1n) is 6.21. The second-order valence-electron chi connectivity index (χ2n) is 4.49. The van der Waals surface area contributed by atoms with Crippen LogP contribution in [0.2, 0.25) is 0 Å². The highest BCUT2D eigenvalue weighted by atomic mass is 32.2. The molecule has 1 unspecified atom stereocenters. The molecule has 3 heteroatoms. The van der Waals surface area contributed by atoms with E-state index >= 15 is 0 Å². The summed E-state index contributed by atoms with van der Waals surface area (Å²) in [5.41, 5.74) is 2.67. The summed E-state index contributed by atoms with van der Waals surface area (Å²) in [4.78, 5) is 1.33. The van der Waals surface area contributed by atoms with Gasteiger partial charge >= 0.3 is 0 Å². The summed E-state index contributed by atoms with van der Waals surface area (Å²) in [7, 11) is 0. The Hall–Kier alpha value is -0.510. The van der Waals surface area contributed by atoms with Crippen molar-refractivity contribution in [2.24, 2.45) is 5.92 Å². The summed E-state index contributed by atoms with van der Waals surface area (Å²) >= 11 is 1.84. The summed E-state index contributed by atoms with van der Waals surface area (Å²) < 4.78 is 0. The van der Waals surface area contributed by atoms with Gasteiger partial charge in [0.25, 0.3) is 0 Å². The predicted octanol–water partition coefficient (Wildman–Crippen LogP) is 2.83. The topological polar surface area (TPSA) is 32.3 Å². The smallest absolute Gasteiger partial charge is 0.0464 e. The zero-order valence-corrected chi connectivity index (χ0v) is 11.8. The summed E-state index contributed by atoms with van der Waals surface area (Å²) in [5.74, 6) is 1.33. The second-order valence-corrected chi connectivity index (χ2v) is 5.55. The van der Waals surface area contributed by atoms with Crippen molar-refractivity contribution >= 4 is 11.8 Å². The lowest BCUT2D eigenvalue weighted by atomic mass is 10.1. The van der Waals surface area contributed by atoms with Crippen LogP contribution in [0.15, 0.2) is 23.1 Å². The van der Waals surface area contributed by atoms with Crippen LogP contribution in [0.1, 0.15) is 25.0 Å². The minimum Gasteiger partial charge on any atom is -0.396 e. The molecule has 0 aliphatic rings. The third kappa shape index (κ3) is 5.11. The minimum absolute atomic E-state index is 0.265. The first-order chi connectivity index (χ1) is 8.17. The zero-order valence-electron chi connectivity index (χ0n) is 11.0. The van der Waals surface area contributed by atoms with Crippen LogP contribution in [-0.4, -0.2) is 24.0 Å². The molecule has 17 heavy (non-hydrogen) atoms. The maximum Gasteiger partial charge on any atom is 0.0464 e. The van der Waals surface area contributed by atoms with Crippen molar-refractivity contribution in [1.29, 1.82) is 0 Å². The monoisotopic (exact) mass is 253 g/mol. The van der Waals surface area contributed by atoms with Gasteiger partial charge < -0.3 is 10.4 Å². The quantitative estimate of drug-likeness (QED) is 0.733. The Morgan fingerprint density at radius 3 is 2.82 bits per heavy atom. The maximum absolute atomic E-state index is 9.04. The van der Waals surface area contributed by atoms with Gasteiger partial charge in [0.1, 0.15) is 0 Å². The Kier molecular flexibility index (Phi) is 6.63. The Balaban J connectivity index is 2.68. The van der Waals surface area contributed by atoms with Crippen LogP contribution >= 0.6 is 11.8 Å². The van der Waals surface area contributed by atoms with Crippen molar-refractivity contribution < 1.29 is 5.11 Å². The largest absolute Gasteiger partial charge is 0.396 e. The molecule has 0 saturated heterocycles. The molecule has 0 amide bonds. The summed E-state index contributed by atoms with van der Waals surface area (Å²) in [6.07, 6.45) is 0. The number of aliphatic hydroxyl groups excluding tert-OH is 1. The van der Waals surface area contributed by atoms with Gasteiger partial charge in [-0.3, -0.25) is 0 Å². The van der Waals surface area contributed by atoms with E-state index in [9.17, 15) is 0 Å². The highest BCUT2D eigenvalue weighted by Gasteiger charge is 2.06. The Morgan fingerprint density at radius 2 is 2.18 bits per heavy atom. The van der Waals surface area contributed by atoms with Crippen LogP contribution in [0.25, 0.3) is 0 Å². The van der Waals surface area contributed by atoms with Gasteiger partial charge in [-0.2, -0.15) is 0 Å². The third-order valence-corrected chi connectivity index (χ3v) is 4.06. The lowest BCUT2D eigenvalue weighted by Gasteiger charge is -2.12. The highest BCUT2D eigenvalue weighted by Crippen LogP contribution is 2.25. The first-order valence-corrected chi connectivity index (χ1v) is 7.19. The van der Waals surface area contributed by atoms with Gasteiger partial charge in [-0.25, -0.2) is 0 Å². The number of benzene rings is 1. The standard InChI is InChI=1S/C14H23NOS/c1-4-15-8-13-7-11(2)5-6-14(13)17-10-12(3)9-16/h5-7,12,15-16H,4,8-10H2,1-3H3. The first kappa shape index (κ1) is 14.6. The van der Waals surface area contributed by atoms with Crippen LogP contribution in [0.5, 0.6) is 0 Å². The van der Waals surface area contributed by atoms with Crippen molar-refractivity contribution in [1.82, 2.24) is 5.32 Å². The summed E-state index contributed by atoms with van der Waals surface area (Å²) in [5, 5.41) is 12.4. The number of rotatable bonds is 7. The molecule has 0 aromatic heterocycles. The van der Waals surface area contributed by atoms with Crippen LogP contribution < -0.4 is 5.32 Å². The molecule has 2 N–H and O–H groups in total. The van der Waals surface area contributed by atoms with E-state index in [0.29, 0.717) is 5.92 Å². The predicted molar refractivity (Wildman–Crippen MR) is 75.5 cm³/mol. The molecule has 1 atom stereocenters. The molecular formula is C14H23NOS. The Labute approximate surface area is 109 Å². The molecule has 0 radical (unpaired) electrons. The summed E-state index contributed by atoms with van der Waals surface area (Å²) in [6, 6.07) is 6.59. The fourth-order valence-electron chi connectivity index (χ4n) is 1.53. The zero-order chi connectivity index (χ0) is 12.7. The highest BCUT2D eigenvalue weighted by molar-refractivity contribution is 7.99. The normalized spacial score (nSPS) is 12.7. The van der Waals surface area contributed by atoms with Crippen molar-refractivity contribution in [2.75, 3.05) is 18.9 Å². The molecule has 1 rings (SSSR count). The average molecular weight is 253 g/mol. The number of nitrogens with one attached hydrogen (secondary N) is 1. The van der Waals surface area contributed by atoms with E-state index in [4.69, 9.17) is 5.11 Å². The number of thioether (sulfide) groups is 1. The maximum atomic E-state index is 9.04. The van der Waals surface area contributed by atoms with Crippen molar-refractivity contribution in [3.05, 3.63) is 29.3 Å². The van der Waals surface area contributed by atoms with E-state index in [1.165, 1.54) is 16.0 Å². The van der Waals surface area contributed by atoms with E-state index in [1.54, 1.807) is 0 Å². The number of hydrogen-bond acceptors (Lipinski definition) is 3. The molecule has 96 valence electrons. The molecule has 0 aliphatic carbocycles. The van der Waals surface area contributed by atoms with Gasteiger partial charge in [-0.15, -0.1) is 11.8 Å². The third-order valence-electron chi connectivity index (χ3n) is 2.62. The fraction of sp³-hybridized carbons (Fsp3) is 0.571. The molecule has 1 aromatic rings. The molecular weight excluding hydrogens is 230 g/mol. The molecule has 0 aliphatic heterocycles. The van der Waals surface area contributed by atoms with E-state index in [-0.39, 0.29) is 6.61 Å². The number of aliphatic hydroxyl groups is 1. The lowest BCUT2D eigenvalue weighted by molar-refractivity contribution is 0.250. The molecule has 0 heterocycles. The van der Waals surface area contributed by atoms with Crippen LogP contribution in [0.3, 0.4) is 0 Å². The Morgan fingerprint density at radius 1 is 1.41 bits per heavy atom. The molecule has 1 aromatic carbocycles. The molecule has 0 saturated carbocycles. The van der Waals surface area contributed by atoms with Crippen LogP contribution in [0, 0.1) is 12.8 Å². The molecule has 0 fully saturated rings. The molecule has 0 spiro atoms. The van der Waals surface area contributed by atoms with Gasteiger partial charge in [0.05, 0.1) is 0 Å². The van der Waals surface area contributed by atoms with Gasteiger partial charge in [-0.1, -0.05) is 31.5 Å². The van der Waals surface area contributed by atoms with Crippen LogP contribution in [-0.2, 0) is 6.54 Å². The Bertz CT molecular complexity index is 341. The van der Waals surface area contributed by atoms with Gasteiger partial charge in [0, 0.05) is 23.8 Å². The number of aryl methyl sites for hydroxylation is 1. The van der Waals surface area contributed by atoms with E-state index in [0.717, 1.165) is 18.8 Å². The van der Waals surface area contributed by atoms with Gasteiger partial charge in [0.15, 0.2) is 0 Å². The molecule has 2 nitrogen and oxygen atoms in total. The van der Waals surface area contributed by atoms with Crippen LogP contribution in [0.4, 0.5) is 0 Å². The summed E-state index contributed by atoms with van der Waals surface area (Å²) in [6.45, 7) is 8.50. The fourth-order valence-corrected chi connectivity index (χ4v) is 2.58. The van der Waals surface area contributed by atoms with Crippen molar-refractivity contribution in [3.63, 3.8) is 0 Å². The van der Waals surface area contributed by atoms with E-state index in [2.05, 4.69) is 44.3 Å². The van der Waals surface area contributed by atoms with Gasteiger partial charge in [0.2, 0.25) is 0 Å². The van der Waals surface area contributed by atoms with Gasteiger partial charge in [-0.05, 0) is 31.0 Å². The van der Waals surface area contributed by atoms with Crippen molar-refractivity contribution in [2.45, 2.75) is 32.2 Å². The average Bonchev–Trinajstić information content (AvgIpc) is 2.34. The van der Waals surface area contributed by atoms with Crippen molar-refractivity contribution in [3.8, 4) is 0 Å². The molecule has 0 bridgehead atoms. The second kappa shape index (κ2) is 7.75. The van der Waals surface area contributed by atoms with E-state index in [1.807, 2.05) is 11.8 Å². The van der Waals surface area contributed by atoms with E-state index < -0.39 is 0 Å².